The molecular weight excluding hydrogens is 256 g/mol. The van der Waals surface area contributed by atoms with Crippen molar-refractivity contribution in [3.63, 3.8) is 0 Å². The molecule has 1 unspecified atom stereocenters. The van der Waals surface area contributed by atoms with Crippen molar-refractivity contribution < 1.29 is 9.53 Å². The van der Waals surface area contributed by atoms with E-state index in [0.29, 0.717) is 17.3 Å². The molecule has 1 aliphatic heterocycles. The van der Waals surface area contributed by atoms with Gasteiger partial charge in [-0.15, -0.1) is 0 Å². The van der Waals surface area contributed by atoms with Crippen LogP contribution in [-0.4, -0.2) is 52.2 Å². The molecule has 0 spiro atoms. The molecule has 2 aromatic rings. The van der Waals surface area contributed by atoms with E-state index in [1.165, 1.54) is 7.11 Å². The molecule has 3 rings (SSSR count). The van der Waals surface area contributed by atoms with Crippen LogP contribution in [-0.2, 0) is 4.74 Å². The number of carbonyl (C=O) groups excluding carboxylic acids is 1. The minimum Gasteiger partial charge on any atom is -0.464 e. The molecule has 1 aliphatic rings. The number of carbonyl (C=O) groups is 1. The lowest BCUT2D eigenvalue weighted by molar-refractivity contribution is 0.0591. The zero-order chi connectivity index (χ0) is 14.1. The highest BCUT2D eigenvalue weighted by atomic mass is 16.5. The van der Waals surface area contributed by atoms with E-state index in [9.17, 15) is 4.79 Å². The molecule has 0 N–H and O–H groups in total. The van der Waals surface area contributed by atoms with Gasteiger partial charge in [-0.25, -0.2) is 14.3 Å². The Hall–Kier alpha value is -1.95. The fourth-order valence-electron chi connectivity index (χ4n) is 2.68. The van der Waals surface area contributed by atoms with Crippen LogP contribution in [0, 0.1) is 0 Å². The molecule has 106 valence electrons. The first-order valence-electron chi connectivity index (χ1n) is 6.89. The van der Waals surface area contributed by atoms with Gasteiger partial charge in [-0.05, 0) is 31.6 Å². The van der Waals surface area contributed by atoms with Crippen molar-refractivity contribution in [3.8, 4) is 0 Å². The summed E-state index contributed by atoms with van der Waals surface area (Å²) in [7, 11) is 1.37. The standard InChI is InChI=1S/C14H18N4O2/c1-3-17-8-7-10(9-17)13-15-12-6-4-5-11(14(19)20-2)18(12)16-13/h4-6,10H,3,7-9H2,1-2H3. The predicted molar refractivity (Wildman–Crippen MR) is 73.8 cm³/mol. The summed E-state index contributed by atoms with van der Waals surface area (Å²) >= 11 is 0. The van der Waals surface area contributed by atoms with E-state index in [1.807, 2.05) is 6.07 Å². The number of aromatic nitrogens is 3. The number of likely N-dealkylation sites (tertiary alicyclic amines) is 1. The number of methoxy groups -OCH3 is 1. The number of hydrogen-bond donors (Lipinski definition) is 0. The Labute approximate surface area is 117 Å². The summed E-state index contributed by atoms with van der Waals surface area (Å²) < 4.78 is 6.36. The lowest BCUT2D eigenvalue weighted by Crippen LogP contribution is -2.19. The zero-order valence-corrected chi connectivity index (χ0v) is 11.7. The molecular formula is C14H18N4O2. The van der Waals surface area contributed by atoms with Gasteiger partial charge in [-0.2, -0.15) is 5.10 Å². The number of fused-ring (bicyclic) bond motifs is 1. The lowest BCUT2D eigenvalue weighted by atomic mass is 10.1. The average molecular weight is 274 g/mol. The molecule has 0 bridgehead atoms. The smallest absolute Gasteiger partial charge is 0.356 e. The molecule has 0 amide bonds. The monoisotopic (exact) mass is 274 g/mol. The molecule has 6 nitrogen and oxygen atoms in total. The fourth-order valence-corrected chi connectivity index (χ4v) is 2.68. The van der Waals surface area contributed by atoms with Crippen molar-refractivity contribution in [1.82, 2.24) is 19.5 Å². The molecule has 20 heavy (non-hydrogen) atoms. The first-order chi connectivity index (χ1) is 9.72. The zero-order valence-electron chi connectivity index (χ0n) is 11.7. The van der Waals surface area contributed by atoms with Gasteiger partial charge < -0.3 is 9.64 Å². The predicted octanol–water partition coefficient (Wildman–Crippen LogP) is 1.33. The van der Waals surface area contributed by atoms with Gasteiger partial charge in [0.25, 0.3) is 0 Å². The van der Waals surface area contributed by atoms with Gasteiger partial charge in [0, 0.05) is 12.5 Å². The number of ether oxygens (including phenoxy) is 1. The minimum atomic E-state index is -0.395. The maximum Gasteiger partial charge on any atom is 0.356 e. The van der Waals surface area contributed by atoms with Crippen LogP contribution in [0.5, 0.6) is 0 Å². The fraction of sp³-hybridized carbons (Fsp3) is 0.500. The van der Waals surface area contributed by atoms with E-state index in [2.05, 4.69) is 21.9 Å². The summed E-state index contributed by atoms with van der Waals surface area (Å²) in [6.45, 7) is 5.29. The molecule has 1 fully saturated rings. The minimum absolute atomic E-state index is 0.348. The molecule has 0 radical (unpaired) electrons. The topological polar surface area (TPSA) is 59.7 Å². The Bertz CT molecular complexity index is 637. The molecule has 0 saturated carbocycles. The Balaban J connectivity index is 1.97. The highest BCUT2D eigenvalue weighted by molar-refractivity contribution is 5.88. The molecule has 0 aliphatic carbocycles. The van der Waals surface area contributed by atoms with Crippen LogP contribution < -0.4 is 0 Å². The Kier molecular flexibility index (Phi) is 3.40. The number of esters is 1. The van der Waals surface area contributed by atoms with Crippen molar-refractivity contribution in [1.29, 1.82) is 0 Å². The largest absolute Gasteiger partial charge is 0.464 e. The lowest BCUT2D eigenvalue weighted by Gasteiger charge is -2.10. The normalized spacial score (nSPS) is 19.6. The van der Waals surface area contributed by atoms with E-state index < -0.39 is 5.97 Å². The average Bonchev–Trinajstić information content (AvgIpc) is 3.11. The van der Waals surface area contributed by atoms with Crippen LogP contribution in [0.4, 0.5) is 0 Å². The van der Waals surface area contributed by atoms with Crippen molar-refractivity contribution in [2.24, 2.45) is 0 Å². The number of hydrogen-bond acceptors (Lipinski definition) is 5. The van der Waals surface area contributed by atoms with Crippen LogP contribution >= 0.6 is 0 Å². The van der Waals surface area contributed by atoms with E-state index in [-0.39, 0.29) is 0 Å². The third kappa shape index (κ3) is 2.16. The van der Waals surface area contributed by atoms with Crippen LogP contribution in [0.2, 0.25) is 0 Å². The summed E-state index contributed by atoms with van der Waals surface area (Å²) in [5.41, 5.74) is 1.10. The molecule has 6 heteroatoms. The summed E-state index contributed by atoms with van der Waals surface area (Å²) in [5.74, 6) is 0.770. The second kappa shape index (κ2) is 5.20. The summed E-state index contributed by atoms with van der Waals surface area (Å²) in [5, 5.41) is 4.51. The third-order valence-corrected chi connectivity index (χ3v) is 3.86. The van der Waals surface area contributed by atoms with Gasteiger partial charge >= 0.3 is 5.97 Å². The first kappa shape index (κ1) is 13.1. The Morgan fingerprint density at radius 3 is 3.05 bits per heavy atom. The van der Waals surface area contributed by atoms with E-state index in [1.54, 1.807) is 16.6 Å². The third-order valence-electron chi connectivity index (χ3n) is 3.86. The van der Waals surface area contributed by atoms with E-state index in [0.717, 1.165) is 31.9 Å². The Morgan fingerprint density at radius 1 is 1.50 bits per heavy atom. The van der Waals surface area contributed by atoms with Crippen molar-refractivity contribution in [2.75, 3.05) is 26.7 Å². The second-order valence-electron chi connectivity index (χ2n) is 5.02. The van der Waals surface area contributed by atoms with Gasteiger partial charge in [0.05, 0.1) is 7.11 Å². The van der Waals surface area contributed by atoms with Gasteiger partial charge in [-0.3, -0.25) is 0 Å². The van der Waals surface area contributed by atoms with E-state index >= 15 is 0 Å². The maximum atomic E-state index is 11.7. The quantitative estimate of drug-likeness (QED) is 0.790. The van der Waals surface area contributed by atoms with E-state index in [4.69, 9.17) is 4.74 Å². The van der Waals surface area contributed by atoms with Crippen molar-refractivity contribution >= 4 is 11.6 Å². The van der Waals surface area contributed by atoms with Gasteiger partial charge in [0.1, 0.15) is 0 Å². The van der Waals surface area contributed by atoms with Crippen molar-refractivity contribution in [3.05, 3.63) is 29.7 Å². The van der Waals surface area contributed by atoms with Crippen molar-refractivity contribution in [2.45, 2.75) is 19.3 Å². The highest BCUT2D eigenvalue weighted by Crippen LogP contribution is 2.25. The summed E-state index contributed by atoms with van der Waals surface area (Å²) in [4.78, 5) is 18.7. The number of nitrogens with zero attached hydrogens (tertiary/aromatic N) is 4. The van der Waals surface area contributed by atoms with Crippen LogP contribution in [0.3, 0.4) is 0 Å². The number of rotatable bonds is 3. The molecule has 0 aromatic carbocycles. The number of pyridine rings is 1. The van der Waals surface area contributed by atoms with Gasteiger partial charge in [0.2, 0.25) is 0 Å². The van der Waals surface area contributed by atoms with Crippen LogP contribution in [0.25, 0.3) is 5.65 Å². The summed E-state index contributed by atoms with van der Waals surface area (Å²) in [6, 6.07) is 5.35. The molecule has 1 saturated heterocycles. The summed E-state index contributed by atoms with van der Waals surface area (Å²) in [6.07, 6.45) is 1.07. The van der Waals surface area contributed by atoms with Gasteiger partial charge in [0.15, 0.2) is 17.2 Å². The molecule has 1 atom stereocenters. The first-order valence-corrected chi connectivity index (χ1v) is 6.89. The second-order valence-corrected chi connectivity index (χ2v) is 5.02. The number of likely N-dealkylation sites (N-methyl/N-ethyl adjacent to an activating group) is 1. The molecule has 2 aromatic heterocycles. The molecule has 3 heterocycles. The van der Waals surface area contributed by atoms with Crippen LogP contribution in [0.15, 0.2) is 18.2 Å². The highest BCUT2D eigenvalue weighted by Gasteiger charge is 2.26. The Morgan fingerprint density at radius 2 is 2.35 bits per heavy atom. The SMILES string of the molecule is CCN1CCC(c2nc3cccc(C(=O)OC)n3n2)C1. The van der Waals surface area contributed by atoms with Crippen LogP contribution in [0.1, 0.15) is 35.6 Å². The van der Waals surface area contributed by atoms with Gasteiger partial charge in [-0.1, -0.05) is 13.0 Å². The maximum absolute atomic E-state index is 11.7.